The van der Waals surface area contributed by atoms with E-state index in [1.807, 2.05) is 12.1 Å². The van der Waals surface area contributed by atoms with E-state index in [-0.39, 0.29) is 6.10 Å². The van der Waals surface area contributed by atoms with E-state index in [2.05, 4.69) is 23.9 Å². The van der Waals surface area contributed by atoms with E-state index in [4.69, 9.17) is 25.8 Å². The minimum atomic E-state index is 0.261. The predicted molar refractivity (Wildman–Crippen MR) is 86.0 cm³/mol. The van der Waals surface area contributed by atoms with Crippen LogP contribution in [0.3, 0.4) is 0 Å². The number of nitrogens with zero attached hydrogens (tertiary/aromatic N) is 2. The molecule has 0 spiro atoms. The van der Waals surface area contributed by atoms with Gasteiger partial charge < -0.3 is 19.1 Å². The van der Waals surface area contributed by atoms with Crippen molar-refractivity contribution in [2.24, 2.45) is 0 Å². The molecule has 2 aliphatic heterocycles. The van der Waals surface area contributed by atoms with E-state index in [9.17, 15) is 0 Å². The first-order valence-corrected chi connectivity index (χ1v) is 8.06. The molecule has 1 aromatic carbocycles. The van der Waals surface area contributed by atoms with Crippen molar-refractivity contribution in [2.45, 2.75) is 12.6 Å². The van der Waals surface area contributed by atoms with Gasteiger partial charge in [-0.25, -0.2) is 0 Å². The molecule has 0 amide bonds. The topological polar surface area (TPSA) is 34.2 Å². The minimum absolute atomic E-state index is 0.261. The lowest BCUT2D eigenvalue weighted by atomic mass is 10.1. The molecule has 6 heteroatoms. The fourth-order valence-corrected chi connectivity index (χ4v) is 3.24. The Morgan fingerprint density at radius 2 is 2.05 bits per heavy atom. The van der Waals surface area contributed by atoms with Crippen LogP contribution in [0.5, 0.6) is 11.5 Å². The molecule has 122 valence electrons. The van der Waals surface area contributed by atoms with Crippen LogP contribution in [-0.4, -0.2) is 69.5 Å². The summed E-state index contributed by atoms with van der Waals surface area (Å²) < 4.78 is 17.0. The normalized spacial score (nSPS) is 22.1. The molecule has 0 N–H and O–H groups in total. The smallest absolute Gasteiger partial charge is 0.179 e. The molecule has 2 heterocycles. The number of hydrogen-bond acceptors (Lipinski definition) is 5. The number of fused-ring (bicyclic) bond motifs is 1. The van der Waals surface area contributed by atoms with E-state index in [1.54, 1.807) is 0 Å². The summed E-state index contributed by atoms with van der Waals surface area (Å²) in [6.45, 7) is 5.58. The number of benzene rings is 1. The maximum atomic E-state index is 6.31. The van der Waals surface area contributed by atoms with Crippen molar-refractivity contribution in [2.75, 3.05) is 53.6 Å². The van der Waals surface area contributed by atoms with Crippen LogP contribution in [0, 0.1) is 0 Å². The summed E-state index contributed by atoms with van der Waals surface area (Å²) in [7, 11) is 4.14. The number of halogens is 1. The third-order valence-corrected chi connectivity index (χ3v) is 4.14. The van der Waals surface area contributed by atoms with Crippen molar-refractivity contribution in [1.29, 1.82) is 0 Å². The first-order chi connectivity index (χ1) is 10.6. The van der Waals surface area contributed by atoms with Gasteiger partial charge in [0.25, 0.3) is 0 Å². The second-order valence-electron chi connectivity index (χ2n) is 6.09. The molecular weight excluding hydrogens is 304 g/mol. The first-order valence-electron chi connectivity index (χ1n) is 7.68. The molecule has 2 aliphatic rings. The van der Waals surface area contributed by atoms with E-state index >= 15 is 0 Å². The number of hydrogen-bond donors (Lipinski definition) is 0. The van der Waals surface area contributed by atoms with Gasteiger partial charge in [-0.1, -0.05) is 11.6 Å². The molecule has 1 fully saturated rings. The monoisotopic (exact) mass is 326 g/mol. The average Bonchev–Trinajstić information content (AvgIpc) is 2.47. The second kappa shape index (κ2) is 7.04. The summed E-state index contributed by atoms with van der Waals surface area (Å²) in [5.74, 6) is 1.43. The van der Waals surface area contributed by atoms with Gasteiger partial charge in [0.2, 0.25) is 0 Å². The highest BCUT2D eigenvalue weighted by Gasteiger charge is 2.22. The lowest BCUT2D eigenvalue weighted by molar-refractivity contribution is -0.0407. The maximum absolute atomic E-state index is 6.31. The summed E-state index contributed by atoms with van der Waals surface area (Å²) in [6, 6.07) is 4.02. The van der Waals surface area contributed by atoms with Crippen LogP contribution >= 0.6 is 11.6 Å². The van der Waals surface area contributed by atoms with Gasteiger partial charge in [0.05, 0.1) is 17.7 Å². The van der Waals surface area contributed by atoms with Crippen LogP contribution in [0.4, 0.5) is 0 Å². The van der Waals surface area contributed by atoms with Crippen molar-refractivity contribution < 1.29 is 14.2 Å². The Bertz CT molecular complexity index is 524. The Morgan fingerprint density at radius 3 is 2.86 bits per heavy atom. The van der Waals surface area contributed by atoms with Crippen molar-refractivity contribution >= 4 is 11.6 Å². The van der Waals surface area contributed by atoms with Gasteiger partial charge in [-0.15, -0.1) is 0 Å². The molecule has 1 aromatic rings. The zero-order valence-electron chi connectivity index (χ0n) is 13.2. The van der Waals surface area contributed by atoms with Gasteiger partial charge in [-0.05, 0) is 31.8 Å². The summed E-state index contributed by atoms with van der Waals surface area (Å²) in [4.78, 5) is 4.56. The van der Waals surface area contributed by atoms with Gasteiger partial charge in [0.15, 0.2) is 11.5 Å². The van der Waals surface area contributed by atoms with E-state index < -0.39 is 0 Å². The van der Waals surface area contributed by atoms with Gasteiger partial charge in [0, 0.05) is 26.2 Å². The van der Waals surface area contributed by atoms with Crippen LogP contribution in [0.2, 0.25) is 5.02 Å². The Labute approximate surface area is 136 Å². The molecule has 3 rings (SSSR count). The molecule has 1 saturated heterocycles. The van der Waals surface area contributed by atoms with Gasteiger partial charge in [-0.2, -0.15) is 0 Å². The highest BCUT2D eigenvalue weighted by atomic mass is 35.5. The first kappa shape index (κ1) is 15.9. The summed E-state index contributed by atoms with van der Waals surface area (Å²) in [6.07, 6.45) is 0.261. The average molecular weight is 327 g/mol. The highest BCUT2D eigenvalue weighted by Crippen LogP contribution is 2.38. The minimum Gasteiger partial charge on any atom is -0.486 e. The van der Waals surface area contributed by atoms with Gasteiger partial charge >= 0.3 is 0 Å². The molecule has 0 aromatic heterocycles. The molecular formula is C16H23ClN2O3. The lowest BCUT2D eigenvalue weighted by Crippen LogP contribution is -2.45. The number of ether oxygens (including phenoxy) is 3. The van der Waals surface area contributed by atoms with Crippen LogP contribution in [0.15, 0.2) is 12.1 Å². The zero-order valence-corrected chi connectivity index (χ0v) is 13.9. The summed E-state index contributed by atoms with van der Waals surface area (Å²) in [5.41, 5.74) is 1.15. The predicted octanol–water partition coefficient (Wildman–Crippen LogP) is 1.87. The zero-order chi connectivity index (χ0) is 15.5. The molecule has 5 nitrogen and oxygen atoms in total. The van der Waals surface area contributed by atoms with E-state index in [0.717, 1.165) is 44.1 Å². The highest BCUT2D eigenvalue weighted by molar-refractivity contribution is 6.32. The maximum Gasteiger partial charge on any atom is 0.179 e. The second-order valence-corrected chi connectivity index (χ2v) is 6.50. The molecule has 1 atom stereocenters. The van der Waals surface area contributed by atoms with Crippen molar-refractivity contribution in [1.82, 2.24) is 9.80 Å². The van der Waals surface area contributed by atoms with Gasteiger partial charge in [-0.3, -0.25) is 4.90 Å². The standard InChI is InChI=1S/C16H23ClN2O3/c1-18(2)10-13-11-19(3-4-20-13)9-12-7-14(17)16-15(8-12)21-5-6-22-16/h7-8,13H,3-6,9-11H2,1-2H3/t13-/m0/s1. The van der Waals surface area contributed by atoms with Crippen LogP contribution in [-0.2, 0) is 11.3 Å². The summed E-state index contributed by atoms with van der Waals surface area (Å²) >= 11 is 6.31. The SMILES string of the molecule is CN(C)C[C@H]1CN(Cc2cc(Cl)c3c(c2)OCCO3)CCO1. The quantitative estimate of drug-likeness (QED) is 0.844. The van der Waals surface area contributed by atoms with Crippen molar-refractivity contribution in [3.05, 3.63) is 22.7 Å². The fraction of sp³-hybridized carbons (Fsp3) is 0.625. The Morgan fingerprint density at radius 1 is 1.23 bits per heavy atom. The summed E-state index contributed by atoms with van der Waals surface area (Å²) in [5, 5.41) is 0.630. The molecule has 0 unspecified atom stereocenters. The number of likely N-dealkylation sites (N-methyl/N-ethyl adjacent to an activating group) is 1. The largest absolute Gasteiger partial charge is 0.486 e. The Balaban J connectivity index is 1.66. The molecule has 0 saturated carbocycles. The third kappa shape index (κ3) is 3.84. The van der Waals surface area contributed by atoms with Crippen LogP contribution in [0.25, 0.3) is 0 Å². The molecule has 0 radical (unpaired) electrons. The van der Waals surface area contributed by atoms with Gasteiger partial charge in [0.1, 0.15) is 13.2 Å². The number of rotatable bonds is 4. The Hall–Kier alpha value is -1.01. The molecule has 0 bridgehead atoms. The molecule has 22 heavy (non-hydrogen) atoms. The lowest BCUT2D eigenvalue weighted by Gasteiger charge is -2.34. The van der Waals surface area contributed by atoms with Crippen molar-refractivity contribution in [3.63, 3.8) is 0 Å². The molecule has 0 aliphatic carbocycles. The Kier molecular flexibility index (Phi) is 5.08. The van der Waals surface area contributed by atoms with Crippen molar-refractivity contribution in [3.8, 4) is 11.5 Å². The van der Waals surface area contributed by atoms with Crippen LogP contribution < -0.4 is 9.47 Å². The van der Waals surface area contributed by atoms with E-state index in [0.29, 0.717) is 24.0 Å². The van der Waals surface area contributed by atoms with E-state index in [1.165, 1.54) is 0 Å². The third-order valence-electron chi connectivity index (χ3n) is 3.85. The fourth-order valence-electron chi connectivity index (χ4n) is 2.96. The number of morpholine rings is 1. The van der Waals surface area contributed by atoms with Crippen LogP contribution in [0.1, 0.15) is 5.56 Å².